The van der Waals surface area contributed by atoms with Crippen molar-refractivity contribution in [2.75, 3.05) is 0 Å². The van der Waals surface area contributed by atoms with E-state index in [9.17, 15) is 0 Å². The molecule has 0 saturated carbocycles. The smallest absolute Gasteiger partial charge is 0.00647 e. The molecule has 1 rings (SSSR count). The van der Waals surface area contributed by atoms with Crippen molar-refractivity contribution in [1.29, 1.82) is 0 Å². The highest BCUT2D eigenvalue weighted by atomic mass is 14.6. The predicted molar refractivity (Wildman–Crippen MR) is 76.0 cm³/mol. The molecule has 1 aromatic rings. The van der Waals surface area contributed by atoms with Gasteiger partial charge in [0.15, 0.2) is 0 Å². The lowest BCUT2D eigenvalue weighted by Gasteiger charge is -2.21. The highest BCUT2D eigenvalue weighted by Gasteiger charge is 2.13. The molecule has 0 amide bonds. The van der Waals surface area contributed by atoms with Gasteiger partial charge in [-0.05, 0) is 43.1 Å². The maximum absolute atomic E-state index is 6.23. The minimum Gasteiger partial charge on any atom is -0.327 e. The summed E-state index contributed by atoms with van der Waals surface area (Å²) in [6.45, 7) is 6.83. The summed E-state index contributed by atoms with van der Waals surface area (Å²) in [4.78, 5) is 0. The van der Waals surface area contributed by atoms with Gasteiger partial charge in [0.05, 0.1) is 0 Å². The van der Waals surface area contributed by atoms with E-state index < -0.39 is 0 Å². The fourth-order valence-corrected chi connectivity index (χ4v) is 2.39. The van der Waals surface area contributed by atoms with Gasteiger partial charge in [0.1, 0.15) is 0 Å². The molecule has 1 nitrogen and oxygen atoms in total. The number of benzene rings is 1. The average Bonchev–Trinajstić information content (AvgIpc) is 2.29. The van der Waals surface area contributed by atoms with Crippen molar-refractivity contribution < 1.29 is 0 Å². The van der Waals surface area contributed by atoms with E-state index in [1.165, 1.54) is 18.4 Å². The molecular formula is C16H27N. The Morgan fingerprint density at radius 1 is 1.06 bits per heavy atom. The lowest BCUT2D eigenvalue weighted by Crippen LogP contribution is -2.29. The van der Waals surface area contributed by atoms with Crippen molar-refractivity contribution in [3.63, 3.8) is 0 Å². The Hall–Kier alpha value is -0.820. The second kappa shape index (κ2) is 7.50. The van der Waals surface area contributed by atoms with Crippen LogP contribution < -0.4 is 5.73 Å². The van der Waals surface area contributed by atoms with E-state index in [2.05, 4.69) is 51.1 Å². The third-order valence-corrected chi connectivity index (χ3v) is 3.42. The van der Waals surface area contributed by atoms with Gasteiger partial charge in [-0.25, -0.2) is 0 Å². The van der Waals surface area contributed by atoms with Crippen LogP contribution in [0.2, 0.25) is 0 Å². The van der Waals surface area contributed by atoms with Crippen molar-refractivity contribution in [2.24, 2.45) is 17.6 Å². The highest BCUT2D eigenvalue weighted by molar-refractivity contribution is 5.14. The van der Waals surface area contributed by atoms with Gasteiger partial charge in [0.25, 0.3) is 0 Å². The summed E-state index contributed by atoms with van der Waals surface area (Å²) in [6, 6.07) is 11.0. The number of nitrogens with two attached hydrogens (primary N) is 1. The van der Waals surface area contributed by atoms with Gasteiger partial charge < -0.3 is 5.73 Å². The SMILES string of the molecule is CC(C)CC(C)C(N)CCCc1ccccc1. The molecule has 96 valence electrons. The standard InChI is InChI=1S/C16H27N/c1-13(2)12-14(3)16(17)11-7-10-15-8-5-4-6-9-15/h4-6,8-9,13-14,16H,7,10-12,17H2,1-3H3. The Kier molecular flexibility index (Phi) is 6.28. The van der Waals surface area contributed by atoms with Crippen molar-refractivity contribution >= 4 is 0 Å². The normalized spacial score (nSPS) is 14.9. The molecular weight excluding hydrogens is 206 g/mol. The molecule has 0 aliphatic heterocycles. The van der Waals surface area contributed by atoms with E-state index in [1.54, 1.807) is 0 Å². The maximum Gasteiger partial charge on any atom is 0.00647 e. The minimum atomic E-state index is 0.362. The summed E-state index contributed by atoms with van der Waals surface area (Å²) >= 11 is 0. The summed E-state index contributed by atoms with van der Waals surface area (Å²) in [5.74, 6) is 1.40. The summed E-state index contributed by atoms with van der Waals surface area (Å²) < 4.78 is 0. The second-order valence-corrected chi connectivity index (χ2v) is 5.65. The molecule has 0 heterocycles. The molecule has 0 saturated heterocycles. The Morgan fingerprint density at radius 2 is 1.71 bits per heavy atom. The van der Waals surface area contributed by atoms with E-state index in [1.807, 2.05) is 0 Å². The second-order valence-electron chi connectivity index (χ2n) is 5.65. The Morgan fingerprint density at radius 3 is 2.29 bits per heavy atom. The molecule has 1 heteroatoms. The van der Waals surface area contributed by atoms with E-state index in [-0.39, 0.29) is 0 Å². The Bertz CT molecular complexity index is 292. The molecule has 0 radical (unpaired) electrons. The zero-order valence-corrected chi connectivity index (χ0v) is 11.5. The molecule has 2 unspecified atom stereocenters. The van der Waals surface area contributed by atoms with Crippen molar-refractivity contribution in [3.8, 4) is 0 Å². The molecule has 0 aliphatic rings. The first-order chi connectivity index (χ1) is 8.09. The fraction of sp³-hybridized carbons (Fsp3) is 0.625. The molecule has 17 heavy (non-hydrogen) atoms. The number of hydrogen-bond donors (Lipinski definition) is 1. The van der Waals surface area contributed by atoms with Gasteiger partial charge in [-0.2, -0.15) is 0 Å². The predicted octanol–water partition coefficient (Wildman–Crippen LogP) is 4.02. The zero-order valence-electron chi connectivity index (χ0n) is 11.5. The van der Waals surface area contributed by atoms with Crippen LogP contribution in [0.4, 0.5) is 0 Å². The first-order valence-corrected chi connectivity index (χ1v) is 6.89. The van der Waals surface area contributed by atoms with Crippen LogP contribution in [0.1, 0.15) is 45.6 Å². The van der Waals surface area contributed by atoms with Crippen molar-refractivity contribution in [3.05, 3.63) is 35.9 Å². The van der Waals surface area contributed by atoms with Crippen LogP contribution in [0.15, 0.2) is 30.3 Å². The number of hydrogen-bond acceptors (Lipinski definition) is 1. The number of aryl methyl sites for hydroxylation is 1. The van der Waals surface area contributed by atoms with Crippen molar-refractivity contribution in [1.82, 2.24) is 0 Å². The Balaban J connectivity index is 2.22. The van der Waals surface area contributed by atoms with Gasteiger partial charge >= 0.3 is 0 Å². The van der Waals surface area contributed by atoms with Crippen LogP contribution >= 0.6 is 0 Å². The lowest BCUT2D eigenvalue weighted by molar-refractivity contribution is 0.353. The van der Waals surface area contributed by atoms with E-state index in [4.69, 9.17) is 5.73 Å². The van der Waals surface area contributed by atoms with Crippen LogP contribution in [0.5, 0.6) is 0 Å². The molecule has 0 aliphatic carbocycles. The molecule has 0 spiro atoms. The highest BCUT2D eigenvalue weighted by Crippen LogP contribution is 2.17. The van der Waals surface area contributed by atoms with Gasteiger partial charge in [0.2, 0.25) is 0 Å². The third-order valence-electron chi connectivity index (χ3n) is 3.42. The molecule has 0 bridgehead atoms. The van der Waals surface area contributed by atoms with Crippen LogP contribution in [-0.4, -0.2) is 6.04 Å². The third kappa shape index (κ3) is 5.88. The minimum absolute atomic E-state index is 0.362. The number of rotatable bonds is 7. The molecule has 0 aromatic heterocycles. The van der Waals surface area contributed by atoms with Crippen LogP contribution in [0.25, 0.3) is 0 Å². The van der Waals surface area contributed by atoms with Gasteiger partial charge in [-0.1, -0.05) is 51.1 Å². The topological polar surface area (TPSA) is 26.0 Å². The molecule has 2 atom stereocenters. The quantitative estimate of drug-likeness (QED) is 0.756. The zero-order chi connectivity index (χ0) is 12.7. The van der Waals surface area contributed by atoms with Gasteiger partial charge in [-0.3, -0.25) is 0 Å². The van der Waals surface area contributed by atoms with E-state index in [0.29, 0.717) is 12.0 Å². The summed E-state index contributed by atoms with van der Waals surface area (Å²) in [6.07, 6.45) is 4.74. The van der Waals surface area contributed by atoms with Gasteiger partial charge in [-0.15, -0.1) is 0 Å². The van der Waals surface area contributed by atoms with Crippen LogP contribution in [0.3, 0.4) is 0 Å². The van der Waals surface area contributed by atoms with E-state index in [0.717, 1.165) is 18.8 Å². The van der Waals surface area contributed by atoms with Crippen LogP contribution in [0, 0.1) is 11.8 Å². The maximum atomic E-state index is 6.23. The average molecular weight is 233 g/mol. The lowest BCUT2D eigenvalue weighted by atomic mass is 9.89. The first-order valence-electron chi connectivity index (χ1n) is 6.89. The molecule has 2 N–H and O–H groups in total. The van der Waals surface area contributed by atoms with Gasteiger partial charge in [0, 0.05) is 6.04 Å². The summed E-state index contributed by atoms with van der Waals surface area (Å²) in [5, 5.41) is 0. The van der Waals surface area contributed by atoms with Crippen molar-refractivity contribution in [2.45, 2.75) is 52.5 Å². The fourth-order valence-electron chi connectivity index (χ4n) is 2.39. The Labute approximate surface area is 106 Å². The van der Waals surface area contributed by atoms with E-state index >= 15 is 0 Å². The summed E-state index contributed by atoms with van der Waals surface area (Å²) in [7, 11) is 0. The largest absolute Gasteiger partial charge is 0.327 e. The molecule has 0 fully saturated rings. The monoisotopic (exact) mass is 233 g/mol. The molecule has 1 aromatic carbocycles. The first kappa shape index (κ1) is 14.2. The summed E-state index contributed by atoms with van der Waals surface area (Å²) in [5.41, 5.74) is 7.66. The van der Waals surface area contributed by atoms with Crippen LogP contribution in [-0.2, 0) is 6.42 Å².